The van der Waals surface area contributed by atoms with Crippen LogP contribution in [-0.4, -0.2) is 35.7 Å². The van der Waals surface area contributed by atoms with E-state index in [1.54, 1.807) is 0 Å². The molecule has 0 aromatic heterocycles. The molecule has 0 aliphatic carbocycles. The normalized spacial score (nSPS) is 27.3. The first-order valence-electron chi connectivity index (χ1n) is 8.64. The SMILES string of the molecule is Cc1ccc(CCC(=O)N[C@@H]2CCO[C@]3(CCSC3)C2)c(C)c1. The van der Waals surface area contributed by atoms with Gasteiger partial charge in [-0.25, -0.2) is 0 Å². The Morgan fingerprint density at radius 3 is 3.04 bits per heavy atom. The van der Waals surface area contributed by atoms with E-state index in [4.69, 9.17) is 4.74 Å². The molecule has 0 unspecified atom stereocenters. The van der Waals surface area contributed by atoms with Crippen LogP contribution in [0.4, 0.5) is 0 Å². The highest BCUT2D eigenvalue weighted by Gasteiger charge is 2.40. The molecule has 3 nitrogen and oxygen atoms in total. The van der Waals surface area contributed by atoms with E-state index in [1.807, 2.05) is 11.8 Å². The Balaban J connectivity index is 1.49. The summed E-state index contributed by atoms with van der Waals surface area (Å²) in [6, 6.07) is 6.75. The molecule has 1 aromatic rings. The lowest BCUT2D eigenvalue weighted by Crippen LogP contribution is -2.48. The Bertz CT molecular complexity index is 566. The molecule has 3 rings (SSSR count). The van der Waals surface area contributed by atoms with E-state index in [0.29, 0.717) is 6.42 Å². The Morgan fingerprint density at radius 2 is 2.30 bits per heavy atom. The summed E-state index contributed by atoms with van der Waals surface area (Å²) in [6.07, 6.45) is 4.45. The van der Waals surface area contributed by atoms with Crippen molar-refractivity contribution < 1.29 is 9.53 Å². The maximum absolute atomic E-state index is 12.3. The van der Waals surface area contributed by atoms with E-state index in [-0.39, 0.29) is 17.6 Å². The molecule has 2 atom stereocenters. The third-order valence-corrected chi connectivity index (χ3v) is 6.27. The van der Waals surface area contributed by atoms with Gasteiger partial charge in [0.1, 0.15) is 0 Å². The number of benzene rings is 1. The Hall–Kier alpha value is -1.00. The fraction of sp³-hybridized carbons (Fsp3) is 0.632. The number of carbonyl (C=O) groups is 1. The summed E-state index contributed by atoms with van der Waals surface area (Å²) in [5.41, 5.74) is 3.87. The Kier molecular flexibility index (Phi) is 5.32. The van der Waals surface area contributed by atoms with Gasteiger partial charge in [-0.15, -0.1) is 0 Å². The molecular formula is C19H27NO2S. The number of amides is 1. The quantitative estimate of drug-likeness (QED) is 0.918. The molecule has 1 N–H and O–H groups in total. The van der Waals surface area contributed by atoms with Crippen molar-refractivity contribution in [2.45, 2.75) is 57.6 Å². The minimum atomic E-state index is 0.0361. The van der Waals surface area contributed by atoms with E-state index in [1.165, 1.54) is 22.4 Å². The molecule has 0 radical (unpaired) electrons. The average Bonchev–Trinajstić information content (AvgIpc) is 2.94. The lowest BCUT2D eigenvalue weighted by Gasteiger charge is -2.38. The molecular weight excluding hydrogens is 306 g/mol. The van der Waals surface area contributed by atoms with Crippen molar-refractivity contribution in [3.8, 4) is 0 Å². The second kappa shape index (κ2) is 7.27. The Labute approximate surface area is 143 Å². The molecule has 1 aromatic carbocycles. The van der Waals surface area contributed by atoms with Crippen molar-refractivity contribution in [2.24, 2.45) is 0 Å². The number of carbonyl (C=O) groups excluding carboxylic acids is 1. The predicted octanol–water partition coefficient (Wildman–Crippen LogP) is 3.41. The summed E-state index contributed by atoms with van der Waals surface area (Å²) >= 11 is 1.97. The van der Waals surface area contributed by atoms with Crippen LogP contribution in [0.2, 0.25) is 0 Å². The number of hydrogen-bond acceptors (Lipinski definition) is 3. The van der Waals surface area contributed by atoms with E-state index in [0.717, 1.165) is 38.0 Å². The number of thioether (sulfide) groups is 1. The topological polar surface area (TPSA) is 38.3 Å². The van der Waals surface area contributed by atoms with Gasteiger partial charge >= 0.3 is 0 Å². The van der Waals surface area contributed by atoms with Crippen LogP contribution in [-0.2, 0) is 16.0 Å². The zero-order valence-electron chi connectivity index (χ0n) is 14.2. The second-order valence-corrected chi connectivity index (χ2v) is 8.13. The molecule has 0 saturated carbocycles. The summed E-state index contributed by atoms with van der Waals surface area (Å²) in [4.78, 5) is 12.3. The van der Waals surface area contributed by atoms with Gasteiger partial charge in [0.25, 0.3) is 0 Å². The minimum absolute atomic E-state index is 0.0361. The molecule has 1 spiro atoms. The summed E-state index contributed by atoms with van der Waals surface area (Å²) in [5.74, 6) is 2.45. The van der Waals surface area contributed by atoms with Gasteiger partial charge in [-0.1, -0.05) is 23.8 Å². The van der Waals surface area contributed by atoms with Crippen molar-refractivity contribution in [2.75, 3.05) is 18.1 Å². The van der Waals surface area contributed by atoms with Crippen molar-refractivity contribution >= 4 is 17.7 Å². The lowest BCUT2D eigenvalue weighted by atomic mass is 9.89. The van der Waals surface area contributed by atoms with Gasteiger partial charge in [-0.05, 0) is 56.4 Å². The van der Waals surface area contributed by atoms with E-state index >= 15 is 0 Å². The molecule has 0 bridgehead atoms. The fourth-order valence-corrected chi connectivity index (χ4v) is 5.07. The molecule has 126 valence electrons. The first-order valence-corrected chi connectivity index (χ1v) is 9.79. The van der Waals surface area contributed by atoms with Crippen LogP contribution in [0.25, 0.3) is 0 Å². The van der Waals surface area contributed by atoms with E-state index in [2.05, 4.69) is 37.4 Å². The minimum Gasteiger partial charge on any atom is -0.374 e. The van der Waals surface area contributed by atoms with Gasteiger partial charge < -0.3 is 10.1 Å². The monoisotopic (exact) mass is 333 g/mol. The molecule has 2 saturated heterocycles. The number of rotatable bonds is 4. The number of nitrogens with one attached hydrogen (secondary N) is 1. The van der Waals surface area contributed by atoms with Gasteiger partial charge in [-0.2, -0.15) is 11.8 Å². The van der Waals surface area contributed by atoms with Gasteiger partial charge in [-0.3, -0.25) is 4.79 Å². The third kappa shape index (κ3) is 4.30. The Morgan fingerprint density at radius 1 is 1.43 bits per heavy atom. The van der Waals surface area contributed by atoms with Crippen LogP contribution in [0.5, 0.6) is 0 Å². The molecule has 23 heavy (non-hydrogen) atoms. The van der Waals surface area contributed by atoms with Crippen LogP contribution in [0, 0.1) is 13.8 Å². The third-order valence-electron chi connectivity index (χ3n) is 5.04. The van der Waals surface area contributed by atoms with Gasteiger partial charge in [0.05, 0.1) is 5.60 Å². The van der Waals surface area contributed by atoms with E-state index in [9.17, 15) is 4.79 Å². The zero-order valence-corrected chi connectivity index (χ0v) is 15.0. The number of ether oxygens (including phenoxy) is 1. The van der Waals surface area contributed by atoms with Crippen LogP contribution in [0.1, 0.15) is 42.4 Å². The fourth-order valence-electron chi connectivity index (χ4n) is 3.69. The number of aryl methyl sites for hydroxylation is 3. The van der Waals surface area contributed by atoms with Crippen LogP contribution < -0.4 is 5.32 Å². The highest BCUT2D eigenvalue weighted by Crippen LogP contribution is 2.38. The molecule has 2 fully saturated rings. The van der Waals surface area contributed by atoms with Crippen LogP contribution >= 0.6 is 11.8 Å². The maximum atomic E-state index is 12.3. The highest BCUT2D eigenvalue weighted by atomic mass is 32.2. The molecule has 2 aliphatic rings. The largest absolute Gasteiger partial charge is 0.374 e. The first-order chi connectivity index (χ1) is 11.1. The first kappa shape index (κ1) is 16.8. The average molecular weight is 333 g/mol. The van der Waals surface area contributed by atoms with Gasteiger partial charge in [0, 0.05) is 24.8 Å². The van der Waals surface area contributed by atoms with Crippen molar-refractivity contribution in [1.82, 2.24) is 5.32 Å². The lowest BCUT2D eigenvalue weighted by molar-refractivity contribution is -0.124. The number of hydrogen-bond donors (Lipinski definition) is 1. The van der Waals surface area contributed by atoms with Crippen molar-refractivity contribution in [3.63, 3.8) is 0 Å². The standard InChI is InChI=1S/C19H27NO2S/c1-14-3-4-16(15(2)11-14)5-6-18(21)20-17-7-9-22-19(12-17)8-10-23-13-19/h3-4,11,17H,5-10,12-13H2,1-2H3,(H,20,21)/t17-,19-/m1/s1. The van der Waals surface area contributed by atoms with Gasteiger partial charge in [0.2, 0.25) is 5.91 Å². The summed E-state index contributed by atoms with van der Waals surface area (Å²) in [5, 5.41) is 3.24. The van der Waals surface area contributed by atoms with Crippen LogP contribution in [0.3, 0.4) is 0 Å². The second-order valence-electron chi connectivity index (χ2n) is 7.02. The molecule has 2 aliphatic heterocycles. The molecule has 1 amide bonds. The van der Waals surface area contributed by atoms with Crippen molar-refractivity contribution in [3.05, 3.63) is 34.9 Å². The molecule has 2 heterocycles. The smallest absolute Gasteiger partial charge is 0.220 e. The predicted molar refractivity (Wildman–Crippen MR) is 96.0 cm³/mol. The summed E-state index contributed by atoms with van der Waals surface area (Å²) in [7, 11) is 0. The maximum Gasteiger partial charge on any atom is 0.220 e. The van der Waals surface area contributed by atoms with Crippen molar-refractivity contribution in [1.29, 1.82) is 0 Å². The van der Waals surface area contributed by atoms with E-state index < -0.39 is 0 Å². The highest BCUT2D eigenvalue weighted by molar-refractivity contribution is 7.99. The summed E-state index contributed by atoms with van der Waals surface area (Å²) < 4.78 is 6.02. The molecule has 4 heteroatoms. The van der Waals surface area contributed by atoms with Crippen LogP contribution in [0.15, 0.2) is 18.2 Å². The summed E-state index contributed by atoms with van der Waals surface area (Å²) in [6.45, 7) is 5.01. The zero-order chi connectivity index (χ0) is 16.3. The van der Waals surface area contributed by atoms with Gasteiger partial charge in [0.15, 0.2) is 0 Å².